The number of rotatable bonds is 3. The molecule has 0 spiro atoms. The molecule has 0 saturated carbocycles. The van der Waals surface area contributed by atoms with Gasteiger partial charge in [-0.3, -0.25) is 0 Å². The average molecular weight is 219 g/mol. The van der Waals surface area contributed by atoms with Crippen LogP contribution < -0.4 is 0 Å². The Morgan fingerprint density at radius 1 is 1.62 bits per heavy atom. The minimum Gasteiger partial charge on any atom is -0.385 e. The predicted molar refractivity (Wildman–Crippen MR) is 58.4 cm³/mol. The molecular formula is C10H15ClOS. The Morgan fingerprint density at radius 2 is 2.23 bits per heavy atom. The van der Waals surface area contributed by atoms with E-state index in [0.717, 1.165) is 11.3 Å². The summed E-state index contributed by atoms with van der Waals surface area (Å²) in [6.45, 7) is 6.01. The second kappa shape index (κ2) is 3.99. The third-order valence-corrected chi connectivity index (χ3v) is 3.51. The Kier molecular flexibility index (Phi) is 3.38. The fourth-order valence-electron chi connectivity index (χ4n) is 1.57. The highest BCUT2D eigenvalue weighted by Gasteiger charge is 2.27. The van der Waals surface area contributed by atoms with Crippen molar-refractivity contribution in [2.45, 2.75) is 32.8 Å². The van der Waals surface area contributed by atoms with Gasteiger partial charge >= 0.3 is 0 Å². The average Bonchev–Trinajstić information content (AvgIpc) is 2.32. The van der Waals surface area contributed by atoms with Gasteiger partial charge in [-0.05, 0) is 30.7 Å². The lowest BCUT2D eigenvalue weighted by molar-refractivity contribution is 0.0386. The molecule has 0 fully saturated rings. The highest BCUT2D eigenvalue weighted by molar-refractivity contribution is 7.10. The fourth-order valence-corrected chi connectivity index (χ4v) is 2.90. The van der Waals surface area contributed by atoms with Gasteiger partial charge in [0, 0.05) is 0 Å². The van der Waals surface area contributed by atoms with Crippen molar-refractivity contribution < 1.29 is 5.11 Å². The van der Waals surface area contributed by atoms with E-state index in [1.54, 1.807) is 0 Å². The van der Waals surface area contributed by atoms with Gasteiger partial charge in [-0.1, -0.05) is 25.4 Å². The lowest BCUT2D eigenvalue weighted by Crippen LogP contribution is -2.22. The van der Waals surface area contributed by atoms with Gasteiger partial charge in [0.15, 0.2) is 0 Å². The van der Waals surface area contributed by atoms with Crippen LogP contribution in [0, 0.1) is 5.92 Å². The summed E-state index contributed by atoms with van der Waals surface area (Å²) in [5.41, 5.74) is -0.778. The highest BCUT2D eigenvalue weighted by atomic mass is 35.5. The van der Waals surface area contributed by atoms with Gasteiger partial charge in [0.1, 0.15) is 0 Å². The van der Waals surface area contributed by atoms with Gasteiger partial charge in [-0.15, -0.1) is 11.3 Å². The molecule has 0 aliphatic carbocycles. The first kappa shape index (κ1) is 11.0. The quantitative estimate of drug-likeness (QED) is 0.821. The van der Waals surface area contributed by atoms with Gasteiger partial charge in [-0.25, -0.2) is 0 Å². The molecule has 1 N–H and O–H groups in total. The first-order valence-corrected chi connectivity index (χ1v) is 5.65. The third kappa shape index (κ3) is 2.70. The zero-order chi connectivity index (χ0) is 10.1. The molecule has 3 heteroatoms. The minimum absolute atomic E-state index is 0.466. The molecule has 1 rings (SSSR count). The van der Waals surface area contributed by atoms with Crippen LogP contribution in [0.2, 0.25) is 5.02 Å². The Balaban J connectivity index is 2.87. The molecule has 0 amide bonds. The van der Waals surface area contributed by atoms with Crippen LogP contribution in [0.3, 0.4) is 0 Å². The van der Waals surface area contributed by atoms with Gasteiger partial charge in [-0.2, -0.15) is 0 Å². The van der Waals surface area contributed by atoms with Crippen LogP contribution in [0.25, 0.3) is 0 Å². The number of aliphatic hydroxyl groups is 1. The normalized spacial score (nSPS) is 16.2. The lowest BCUT2D eigenvalue weighted by atomic mass is 9.93. The SMILES string of the molecule is CC(C)CC(C)(O)c1sccc1Cl. The molecule has 13 heavy (non-hydrogen) atoms. The number of hydrogen-bond acceptors (Lipinski definition) is 2. The first-order chi connectivity index (χ1) is 5.93. The van der Waals surface area contributed by atoms with Crippen LogP contribution in [0.1, 0.15) is 32.1 Å². The van der Waals surface area contributed by atoms with E-state index >= 15 is 0 Å². The summed E-state index contributed by atoms with van der Waals surface area (Å²) in [7, 11) is 0. The van der Waals surface area contributed by atoms with Crippen LogP contribution in [0.4, 0.5) is 0 Å². The molecule has 0 radical (unpaired) electrons. The van der Waals surface area contributed by atoms with Crippen molar-refractivity contribution in [2.24, 2.45) is 5.92 Å². The van der Waals surface area contributed by atoms with E-state index in [2.05, 4.69) is 13.8 Å². The Bertz CT molecular complexity index is 278. The maximum atomic E-state index is 10.2. The van der Waals surface area contributed by atoms with E-state index in [1.165, 1.54) is 11.3 Å². The molecule has 1 heterocycles. The Hall–Kier alpha value is -0.0500. The zero-order valence-electron chi connectivity index (χ0n) is 8.17. The molecule has 1 atom stereocenters. The van der Waals surface area contributed by atoms with Crippen molar-refractivity contribution in [3.05, 3.63) is 21.3 Å². The van der Waals surface area contributed by atoms with Crippen LogP contribution in [0.15, 0.2) is 11.4 Å². The molecular weight excluding hydrogens is 204 g/mol. The molecule has 1 aromatic rings. The van der Waals surface area contributed by atoms with Crippen molar-refractivity contribution in [1.29, 1.82) is 0 Å². The van der Waals surface area contributed by atoms with Gasteiger partial charge < -0.3 is 5.11 Å². The van der Waals surface area contributed by atoms with Crippen molar-refractivity contribution in [3.8, 4) is 0 Å². The smallest absolute Gasteiger partial charge is 0.0977 e. The minimum atomic E-state index is -0.778. The van der Waals surface area contributed by atoms with Crippen LogP contribution in [-0.4, -0.2) is 5.11 Å². The second-order valence-electron chi connectivity index (χ2n) is 3.97. The summed E-state index contributed by atoms with van der Waals surface area (Å²) < 4.78 is 0. The van der Waals surface area contributed by atoms with Crippen molar-refractivity contribution in [1.82, 2.24) is 0 Å². The molecule has 0 aliphatic rings. The summed E-state index contributed by atoms with van der Waals surface area (Å²) in [5.74, 6) is 0.466. The predicted octanol–water partition coefficient (Wildman–Crippen LogP) is 3.66. The number of thiophene rings is 1. The van der Waals surface area contributed by atoms with E-state index in [0.29, 0.717) is 10.9 Å². The zero-order valence-corrected chi connectivity index (χ0v) is 9.75. The number of halogens is 1. The van der Waals surface area contributed by atoms with E-state index in [4.69, 9.17) is 11.6 Å². The van der Waals surface area contributed by atoms with Gasteiger partial charge in [0.25, 0.3) is 0 Å². The van der Waals surface area contributed by atoms with Gasteiger partial charge in [0.05, 0.1) is 15.5 Å². The monoisotopic (exact) mass is 218 g/mol. The summed E-state index contributed by atoms with van der Waals surface area (Å²) in [4.78, 5) is 0.878. The summed E-state index contributed by atoms with van der Waals surface area (Å²) >= 11 is 7.47. The fraction of sp³-hybridized carbons (Fsp3) is 0.600. The number of hydrogen-bond donors (Lipinski definition) is 1. The van der Waals surface area contributed by atoms with Crippen molar-refractivity contribution in [2.75, 3.05) is 0 Å². The molecule has 1 unspecified atom stereocenters. The molecule has 74 valence electrons. The van der Waals surface area contributed by atoms with Gasteiger partial charge in [0.2, 0.25) is 0 Å². The van der Waals surface area contributed by atoms with Crippen LogP contribution >= 0.6 is 22.9 Å². The second-order valence-corrected chi connectivity index (χ2v) is 5.29. The summed E-state index contributed by atoms with van der Waals surface area (Å²) in [6.07, 6.45) is 0.743. The summed E-state index contributed by atoms with van der Waals surface area (Å²) in [5, 5.41) is 12.7. The topological polar surface area (TPSA) is 20.2 Å². The molecule has 1 nitrogen and oxygen atoms in total. The first-order valence-electron chi connectivity index (χ1n) is 4.39. The van der Waals surface area contributed by atoms with Crippen molar-refractivity contribution in [3.63, 3.8) is 0 Å². The Morgan fingerprint density at radius 3 is 2.62 bits per heavy atom. The van der Waals surface area contributed by atoms with E-state index in [-0.39, 0.29) is 0 Å². The maximum absolute atomic E-state index is 10.2. The third-order valence-electron chi connectivity index (χ3n) is 1.91. The lowest BCUT2D eigenvalue weighted by Gasteiger charge is -2.24. The highest BCUT2D eigenvalue weighted by Crippen LogP contribution is 2.36. The molecule has 0 saturated heterocycles. The van der Waals surface area contributed by atoms with Crippen molar-refractivity contribution >= 4 is 22.9 Å². The molecule has 1 aromatic heterocycles. The van der Waals surface area contributed by atoms with Crippen LogP contribution in [0.5, 0.6) is 0 Å². The largest absolute Gasteiger partial charge is 0.385 e. The standard InChI is InChI=1S/C10H15ClOS/c1-7(2)6-10(3,12)9-8(11)4-5-13-9/h4-5,7,12H,6H2,1-3H3. The molecule has 0 bridgehead atoms. The molecule has 0 aromatic carbocycles. The maximum Gasteiger partial charge on any atom is 0.0977 e. The summed E-state index contributed by atoms with van der Waals surface area (Å²) in [6, 6.07) is 1.83. The Labute approximate surface area is 88.4 Å². The van der Waals surface area contributed by atoms with Crippen LogP contribution in [-0.2, 0) is 5.60 Å². The molecule has 0 aliphatic heterocycles. The van der Waals surface area contributed by atoms with E-state index < -0.39 is 5.60 Å². The van der Waals surface area contributed by atoms with E-state index in [1.807, 2.05) is 18.4 Å². The van der Waals surface area contributed by atoms with E-state index in [9.17, 15) is 5.11 Å².